The molecule has 1 atom stereocenters. The number of fused-ring (bicyclic) bond motifs is 1. The van der Waals surface area contributed by atoms with Crippen LogP contribution in [0.4, 0.5) is 5.69 Å². The van der Waals surface area contributed by atoms with Crippen molar-refractivity contribution in [1.82, 2.24) is 9.55 Å². The number of ketones is 1. The zero-order valence-electron chi connectivity index (χ0n) is 17.9. The maximum absolute atomic E-state index is 13.3. The molecule has 3 aromatic carbocycles. The predicted octanol–water partition coefficient (Wildman–Crippen LogP) is 4.12. The summed E-state index contributed by atoms with van der Waals surface area (Å²) in [5.41, 5.74) is 1.84. The number of hydrogen-bond acceptors (Lipinski definition) is 6. The topological polar surface area (TPSA) is 98.1 Å². The van der Waals surface area contributed by atoms with Crippen LogP contribution in [0.25, 0.3) is 16.6 Å². The average molecular weight is 480 g/mol. The molecule has 0 fully saturated rings. The normalized spacial score (nSPS) is 12.4. The van der Waals surface area contributed by atoms with Gasteiger partial charge in [0.25, 0.3) is 5.56 Å². The highest BCUT2D eigenvalue weighted by Gasteiger charge is 2.21. The van der Waals surface area contributed by atoms with Crippen molar-refractivity contribution < 1.29 is 13.2 Å². The first-order chi connectivity index (χ1) is 15.7. The Morgan fingerprint density at radius 3 is 2.27 bits per heavy atom. The molecule has 4 aromatic rings. The number of anilines is 1. The van der Waals surface area contributed by atoms with Crippen molar-refractivity contribution in [3.05, 3.63) is 94.8 Å². The van der Waals surface area contributed by atoms with Crippen LogP contribution in [0.5, 0.6) is 0 Å². The van der Waals surface area contributed by atoms with E-state index < -0.39 is 15.3 Å². The van der Waals surface area contributed by atoms with Gasteiger partial charge in [0.05, 0.1) is 28.1 Å². The molecule has 1 heterocycles. The lowest BCUT2D eigenvalue weighted by atomic mass is 10.1. The van der Waals surface area contributed by atoms with E-state index in [2.05, 4.69) is 9.71 Å². The number of benzene rings is 3. The molecule has 0 aliphatic heterocycles. The Morgan fingerprint density at radius 1 is 0.970 bits per heavy atom. The Bertz CT molecular complexity index is 1480. The summed E-state index contributed by atoms with van der Waals surface area (Å²) in [4.78, 5) is 31.0. The second-order valence-electron chi connectivity index (χ2n) is 7.46. The van der Waals surface area contributed by atoms with Crippen molar-refractivity contribution in [2.24, 2.45) is 0 Å². The lowest BCUT2D eigenvalue weighted by Gasteiger charge is -2.16. The third-order valence-corrected chi connectivity index (χ3v) is 6.54. The van der Waals surface area contributed by atoms with Crippen LogP contribution in [0.2, 0.25) is 0 Å². The van der Waals surface area contributed by atoms with E-state index in [4.69, 9.17) is 0 Å². The van der Waals surface area contributed by atoms with Gasteiger partial charge in [0.15, 0.2) is 10.9 Å². The van der Waals surface area contributed by atoms with Crippen LogP contribution in [-0.2, 0) is 10.0 Å². The zero-order valence-corrected chi connectivity index (χ0v) is 19.6. The largest absolute Gasteiger partial charge is 0.293 e. The van der Waals surface area contributed by atoms with Gasteiger partial charge in [-0.2, -0.15) is 0 Å². The van der Waals surface area contributed by atoms with Gasteiger partial charge in [-0.15, -0.1) is 0 Å². The second kappa shape index (κ2) is 9.21. The summed E-state index contributed by atoms with van der Waals surface area (Å²) in [6.45, 7) is 1.76. The molecule has 0 spiro atoms. The summed E-state index contributed by atoms with van der Waals surface area (Å²) in [6.07, 6.45) is 1.06. The van der Waals surface area contributed by atoms with Gasteiger partial charge in [0.1, 0.15) is 0 Å². The van der Waals surface area contributed by atoms with E-state index in [9.17, 15) is 18.0 Å². The van der Waals surface area contributed by atoms with Gasteiger partial charge in [-0.05, 0) is 55.5 Å². The molecule has 33 heavy (non-hydrogen) atoms. The lowest BCUT2D eigenvalue weighted by Crippen LogP contribution is -2.23. The van der Waals surface area contributed by atoms with Crippen LogP contribution in [0.3, 0.4) is 0 Å². The fourth-order valence-electron chi connectivity index (χ4n) is 3.36. The summed E-state index contributed by atoms with van der Waals surface area (Å²) in [6, 6.07) is 22.5. The van der Waals surface area contributed by atoms with Gasteiger partial charge >= 0.3 is 0 Å². The Kier molecular flexibility index (Phi) is 6.35. The molecule has 7 nitrogen and oxygen atoms in total. The molecule has 0 saturated carbocycles. The summed E-state index contributed by atoms with van der Waals surface area (Å²) in [5.74, 6) is -0.159. The van der Waals surface area contributed by atoms with Crippen LogP contribution in [-0.4, -0.2) is 35.3 Å². The number of rotatable bonds is 7. The molecular formula is C24H21N3O4S2. The quantitative estimate of drug-likeness (QED) is 0.243. The van der Waals surface area contributed by atoms with Crippen LogP contribution >= 0.6 is 11.8 Å². The Labute approximate surface area is 195 Å². The van der Waals surface area contributed by atoms with Crippen LogP contribution in [0, 0.1) is 0 Å². The number of nitrogens with one attached hydrogen (secondary N) is 1. The molecule has 1 N–H and O–H groups in total. The van der Waals surface area contributed by atoms with Crippen molar-refractivity contribution >= 4 is 44.2 Å². The minimum atomic E-state index is -3.40. The minimum absolute atomic E-state index is 0.159. The zero-order chi connectivity index (χ0) is 23.6. The highest BCUT2D eigenvalue weighted by atomic mass is 32.2. The van der Waals surface area contributed by atoms with Crippen LogP contribution in [0.1, 0.15) is 17.3 Å². The van der Waals surface area contributed by atoms with Gasteiger partial charge in [0.2, 0.25) is 10.0 Å². The molecule has 0 saturated heterocycles. The molecule has 0 radical (unpaired) electrons. The van der Waals surface area contributed by atoms with Gasteiger partial charge in [0, 0.05) is 11.3 Å². The number of para-hydroxylation sites is 2. The highest BCUT2D eigenvalue weighted by Crippen LogP contribution is 2.27. The van der Waals surface area contributed by atoms with Crippen LogP contribution in [0.15, 0.2) is 88.8 Å². The number of thioether (sulfide) groups is 1. The fourth-order valence-corrected chi connectivity index (χ4v) is 4.93. The number of carbonyl (C=O) groups is 1. The maximum Gasteiger partial charge on any atom is 0.266 e. The summed E-state index contributed by atoms with van der Waals surface area (Å²) in [7, 11) is -3.40. The molecule has 0 aliphatic carbocycles. The molecule has 168 valence electrons. The number of aromatic nitrogens is 2. The number of sulfonamides is 1. The second-order valence-corrected chi connectivity index (χ2v) is 10.5. The van der Waals surface area contributed by atoms with E-state index in [1.165, 1.54) is 16.3 Å². The minimum Gasteiger partial charge on any atom is -0.293 e. The van der Waals surface area contributed by atoms with E-state index in [0.29, 0.717) is 33.0 Å². The van der Waals surface area contributed by atoms with Crippen molar-refractivity contribution in [1.29, 1.82) is 0 Å². The van der Waals surface area contributed by atoms with E-state index in [1.807, 2.05) is 36.4 Å². The molecule has 0 bridgehead atoms. The van der Waals surface area contributed by atoms with E-state index in [1.54, 1.807) is 49.4 Å². The number of Topliss-reactive ketones (excluding diaryl/α,β-unsaturated/α-hetero) is 1. The molecule has 1 unspecified atom stereocenters. The van der Waals surface area contributed by atoms with Gasteiger partial charge in [-0.1, -0.05) is 42.1 Å². The lowest BCUT2D eigenvalue weighted by molar-refractivity contribution is 0.0994. The summed E-state index contributed by atoms with van der Waals surface area (Å²) in [5, 5.41) is 0.376. The summed E-state index contributed by atoms with van der Waals surface area (Å²) < 4.78 is 26.7. The summed E-state index contributed by atoms with van der Waals surface area (Å²) >= 11 is 1.20. The van der Waals surface area contributed by atoms with Crippen LogP contribution < -0.4 is 10.3 Å². The van der Waals surface area contributed by atoms with E-state index in [-0.39, 0.29) is 11.3 Å². The number of hydrogen-bond donors (Lipinski definition) is 1. The molecule has 4 rings (SSSR count). The monoisotopic (exact) mass is 479 g/mol. The number of nitrogens with zero attached hydrogens (tertiary/aromatic N) is 2. The van der Waals surface area contributed by atoms with E-state index >= 15 is 0 Å². The Morgan fingerprint density at radius 2 is 1.61 bits per heavy atom. The van der Waals surface area contributed by atoms with E-state index in [0.717, 1.165) is 6.26 Å². The Balaban J connectivity index is 1.68. The van der Waals surface area contributed by atoms with Crippen molar-refractivity contribution in [3.8, 4) is 5.69 Å². The highest BCUT2D eigenvalue weighted by molar-refractivity contribution is 8.00. The molecule has 9 heteroatoms. The van der Waals surface area contributed by atoms with Gasteiger partial charge < -0.3 is 0 Å². The van der Waals surface area contributed by atoms with Gasteiger partial charge in [-0.25, -0.2) is 13.4 Å². The van der Waals surface area contributed by atoms with Crippen molar-refractivity contribution in [2.45, 2.75) is 17.3 Å². The van der Waals surface area contributed by atoms with Gasteiger partial charge in [-0.3, -0.25) is 18.9 Å². The number of carbonyl (C=O) groups excluding carboxylic acids is 1. The predicted molar refractivity (Wildman–Crippen MR) is 132 cm³/mol. The molecular weight excluding hydrogens is 458 g/mol. The third kappa shape index (κ3) is 5.15. The van der Waals surface area contributed by atoms with Crippen molar-refractivity contribution in [3.63, 3.8) is 0 Å². The molecule has 0 aliphatic rings. The Hall–Kier alpha value is -3.43. The standard InChI is InChI=1S/C24H21N3O4S2/c1-16(22(28)17-12-14-18(15-13-17)26-33(2,30)31)32-24-25-21-11-7-6-10-20(21)23(29)27(24)19-8-4-3-5-9-19/h3-16,26H,1-2H3. The smallest absolute Gasteiger partial charge is 0.266 e. The van der Waals surface area contributed by atoms with Crippen molar-refractivity contribution in [2.75, 3.05) is 11.0 Å². The fraction of sp³-hybridized carbons (Fsp3) is 0.125. The maximum atomic E-state index is 13.3. The molecule has 1 aromatic heterocycles. The average Bonchev–Trinajstić information content (AvgIpc) is 2.79. The SMILES string of the molecule is CC(Sc1nc2ccccc2c(=O)n1-c1ccccc1)C(=O)c1ccc(NS(C)(=O)=O)cc1. The molecule has 0 amide bonds. The first-order valence-electron chi connectivity index (χ1n) is 10.1. The first kappa shape index (κ1) is 22.8. The third-order valence-electron chi connectivity index (χ3n) is 4.88. The first-order valence-corrected chi connectivity index (χ1v) is 12.9.